The van der Waals surface area contributed by atoms with E-state index in [-0.39, 0.29) is 47.9 Å². The van der Waals surface area contributed by atoms with E-state index in [0.717, 1.165) is 5.56 Å². The molecule has 1 aromatic rings. The van der Waals surface area contributed by atoms with Crippen LogP contribution in [0.15, 0.2) is 30.4 Å². The second-order valence-electron chi connectivity index (χ2n) is 8.45. The third kappa shape index (κ3) is 3.96. The van der Waals surface area contributed by atoms with Gasteiger partial charge in [-0.05, 0) is 36.0 Å². The fourth-order valence-corrected chi connectivity index (χ4v) is 3.79. The van der Waals surface area contributed by atoms with Crippen molar-refractivity contribution in [3.63, 3.8) is 0 Å². The zero-order chi connectivity index (χ0) is 20.5. The molecule has 1 saturated heterocycles. The molecule has 3 amide bonds. The average molecular weight is 384 g/mol. The lowest BCUT2D eigenvalue weighted by atomic mass is 9.85. The highest BCUT2D eigenvalue weighted by Gasteiger charge is 2.46. The van der Waals surface area contributed by atoms with Crippen LogP contribution in [0.4, 0.5) is 5.69 Å². The van der Waals surface area contributed by atoms with Crippen molar-refractivity contribution in [1.82, 2.24) is 4.90 Å². The summed E-state index contributed by atoms with van der Waals surface area (Å²) in [7, 11) is 1.55. The molecule has 1 N–H and O–H groups in total. The molecular weight excluding hydrogens is 356 g/mol. The smallest absolute Gasteiger partial charge is 0.233 e. The lowest BCUT2D eigenvalue weighted by molar-refractivity contribution is -0.140. The molecule has 1 aliphatic carbocycles. The van der Waals surface area contributed by atoms with E-state index in [9.17, 15) is 14.4 Å². The SMILES string of the molecule is COc1ccc(C(C)(C)C)cc1NC(=O)CCN1C(=O)C2CC=CCC2C1=O. The number of nitrogens with zero attached hydrogens (tertiary/aromatic N) is 1. The van der Waals surface area contributed by atoms with E-state index in [4.69, 9.17) is 4.74 Å². The number of allylic oxidation sites excluding steroid dienone is 2. The maximum Gasteiger partial charge on any atom is 0.233 e. The third-order valence-corrected chi connectivity index (χ3v) is 5.50. The number of fused-ring (bicyclic) bond motifs is 1. The molecule has 3 rings (SSSR count). The van der Waals surface area contributed by atoms with Crippen molar-refractivity contribution in [2.24, 2.45) is 11.8 Å². The van der Waals surface area contributed by atoms with Crippen LogP contribution in [0, 0.1) is 11.8 Å². The first-order valence-corrected chi connectivity index (χ1v) is 9.71. The molecule has 2 unspecified atom stereocenters. The van der Waals surface area contributed by atoms with E-state index in [1.165, 1.54) is 4.90 Å². The first-order valence-electron chi connectivity index (χ1n) is 9.71. The topological polar surface area (TPSA) is 75.7 Å². The Morgan fingerprint density at radius 1 is 1.14 bits per heavy atom. The third-order valence-electron chi connectivity index (χ3n) is 5.50. The summed E-state index contributed by atoms with van der Waals surface area (Å²) in [5.74, 6) is -0.503. The summed E-state index contributed by atoms with van der Waals surface area (Å²) in [6, 6.07) is 5.72. The summed E-state index contributed by atoms with van der Waals surface area (Å²) >= 11 is 0. The van der Waals surface area contributed by atoms with Gasteiger partial charge in [0.05, 0.1) is 24.6 Å². The molecular formula is C22H28N2O4. The van der Waals surface area contributed by atoms with Gasteiger partial charge in [-0.1, -0.05) is 39.0 Å². The lowest BCUT2D eigenvalue weighted by Gasteiger charge is -2.21. The molecule has 28 heavy (non-hydrogen) atoms. The van der Waals surface area contributed by atoms with Gasteiger partial charge in [-0.25, -0.2) is 0 Å². The Kier molecular flexibility index (Phi) is 5.59. The second kappa shape index (κ2) is 7.78. The number of nitrogens with one attached hydrogen (secondary N) is 1. The molecule has 0 saturated carbocycles. The normalized spacial score (nSPS) is 21.6. The lowest BCUT2D eigenvalue weighted by Crippen LogP contribution is -2.34. The molecule has 2 aliphatic rings. The van der Waals surface area contributed by atoms with Crippen LogP contribution in [-0.4, -0.2) is 36.3 Å². The van der Waals surface area contributed by atoms with Gasteiger partial charge < -0.3 is 10.1 Å². The number of rotatable bonds is 5. The highest BCUT2D eigenvalue weighted by Crippen LogP contribution is 2.35. The summed E-state index contributed by atoms with van der Waals surface area (Å²) in [4.78, 5) is 38.7. The number of amides is 3. The van der Waals surface area contributed by atoms with Crippen LogP contribution < -0.4 is 10.1 Å². The van der Waals surface area contributed by atoms with Crippen molar-refractivity contribution in [3.05, 3.63) is 35.9 Å². The largest absolute Gasteiger partial charge is 0.495 e. The highest BCUT2D eigenvalue weighted by molar-refractivity contribution is 6.06. The van der Waals surface area contributed by atoms with Crippen LogP contribution in [-0.2, 0) is 19.8 Å². The van der Waals surface area contributed by atoms with Crippen molar-refractivity contribution in [2.45, 2.75) is 45.4 Å². The molecule has 0 aromatic heterocycles. The quantitative estimate of drug-likeness (QED) is 0.624. The summed E-state index contributed by atoms with van der Waals surface area (Å²) < 4.78 is 5.35. The Hall–Kier alpha value is -2.63. The number of anilines is 1. The number of likely N-dealkylation sites (tertiary alicyclic amines) is 1. The Morgan fingerprint density at radius 3 is 2.29 bits per heavy atom. The standard InChI is InChI=1S/C22H28N2O4/c1-22(2,3)14-9-10-18(28-4)17(13-14)23-19(25)11-12-24-20(26)15-7-5-6-8-16(15)21(24)27/h5-6,9-10,13,15-16H,7-8,11-12H2,1-4H3,(H,23,25). The molecule has 2 atom stereocenters. The molecule has 6 heteroatoms. The van der Waals surface area contributed by atoms with Gasteiger partial charge in [0.1, 0.15) is 5.75 Å². The zero-order valence-electron chi connectivity index (χ0n) is 17.0. The minimum Gasteiger partial charge on any atom is -0.495 e. The number of benzene rings is 1. The summed E-state index contributed by atoms with van der Waals surface area (Å²) in [5.41, 5.74) is 1.60. The van der Waals surface area contributed by atoms with Gasteiger partial charge in [0.25, 0.3) is 0 Å². The first kappa shape index (κ1) is 20.1. The monoisotopic (exact) mass is 384 g/mol. The minimum absolute atomic E-state index is 0.0627. The average Bonchev–Trinajstić information content (AvgIpc) is 2.90. The summed E-state index contributed by atoms with van der Waals surface area (Å²) in [6.07, 6.45) is 5.19. The molecule has 0 spiro atoms. The molecule has 1 aliphatic heterocycles. The highest BCUT2D eigenvalue weighted by atomic mass is 16.5. The van der Waals surface area contributed by atoms with Crippen LogP contribution in [0.1, 0.15) is 45.6 Å². The molecule has 0 radical (unpaired) electrons. The van der Waals surface area contributed by atoms with Gasteiger partial charge in [0.15, 0.2) is 0 Å². The number of methoxy groups -OCH3 is 1. The maximum absolute atomic E-state index is 12.5. The van der Waals surface area contributed by atoms with Gasteiger partial charge in [-0.2, -0.15) is 0 Å². The number of carbonyl (C=O) groups excluding carboxylic acids is 3. The number of hydrogen-bond acceptors (Lipinski definition) is 4. The summed E-state index contributed by atoms with van der Waals surface area (Å²) in [5, 5.41) is 2.86. The predicted octanol–water partition coefficient (Wildman–Crippen LogP) is 3.27. The first-order chi connectivity index (χ1) is 13.2. The van der Waals surface area contributed by atoms with Crippen LogP contribution in [0.2, 0.25) is 0 Å². The fraction of sp³-hybridized carbons (Fsp3) is 0.500. The molecule has 6 nitrogen and oxygen atoms in total. The van der Waals surface area contributed by atoms with Crippen molar-refractivity contribution in [3.8, 4) is 5.75 Å². The number of carbonyl (C=O) groups is 3. The van der Waals surface area contributed by atoms with E-state index < -0.39 is 0 Å². The van der Waals surface area contributed by atoms with E-state index in [2.05, 4.69) is 26.1 Å². The molecule has 1 aromatic carbocycles. The van der Waals surface area contributed by atoms with E-state index in [0.29, 0.717) is 24.3 Å². The van der Waals surface area contributed by atoms with Crippen LogP contribution >= 0.6 is 0 Å². The Morgan fingerprint density at radius 2 is 1.75 bits per heavy atom. The summed E-state index contributed by atoms with van der Waals surface area (Å²) in [6.45, 7) is 6.40. The number of imide groups is 1. The van der Waals surface area contributed by atoms with Crippen LogP contribution in [0.25, 0.3) is 0 Å². The molecule has 1 heterocycles. The molecule has 0 bridgehead atoms. The van der Waals surface area contributed by atoms with Gasteiger partial charge >= 0.3 is 0 Å². The Balaban J connectivity index is 1.65. The number of ether oxygens (including phenoxy) is 1. The van der Waals surface area contributed by atoms with Crippen molar-refractivity contribution >= 4 is 23.4 Å². The van der Waals surface area contributed by atoms with Gasteiger partial charge in [0, 0.05) is 13.0 Å². The molecule has 1 fully saturated rings. The minimum atomic E-state index is -0.260. The predicted molar refractivity (Wildman–Crippen MR) is 107 cm³/mol. The Labute approximate surface area is 165 Å². The van der Waals surface area contributed by atoms with E-state index in [1.807, 2.05) is 30.4 Å². The van der Waals surface area contributed by atoms with Crippen molar-refractivity contribution < 1.29 is 19.1 Å². The molecule has 150 valence electrons. The van der Waals surface area contributed by atoms with Crippen LogP contribution in [0.3, 0.4) is 0 Å². The zero-order valence-corrected chi connectivity index (χ0v) is 17.0. The maximum atomic E-state index is 12.5. The number of hydrogen-bond donors (Lipinski definition) is 1. The van der Waals surface area contributed by atoms with Crippen LogP contribution in [0.5, 0.6) is 5.75 Å². The van der Waals surface area contributed by atoms with Gasteiger partial charge in [-0.15, -0.1) is 0 Å². The van der Waals surface area contributed by atoms with Gasteiger partial charge in [0.2, 0.25) is 17.7 Å². The fourth-order valence-electron chi connectivity index (χ4n) is 3.79. The van der Waals surface area contributed by atoms with Crippen molar-refractivity contribution in [2.75, 3.05) is 19.0 Å². The second-order valence-corrected chi connectivity index (χ2v) is 8.45. The Bertz CT molecular complexity index is 796. The van der Waals surface area contributed by atoms with E-state index >= 15 is 0 Å². The van der Waals surface area contributed by atoms with Crippen molar-refractivity contribution in [1.29, 1.82) is 0 Å². The van der Waals surface area contributed by atoms with E-state index in [1.54, 1.807) is 7.11 Å². The van der Waals surface area contributed by atoms with Gasteiger partial charge in [-0.3, -0.25) is 19.3 Å².